The first-order chi connectivity index (χ1) is 9.72. The molecule has 1 aliphatic carbocycles. The van der Waals surface area contributed by atoms with Crippen molar-refractivity contribution in [1.82, 2.24) is 10.6 Å². The van der Waals surface area contributed by atoms with Gasteiger partial charge in [0.2, 0.25) is 0 Å². The quantitative estimate of drug-likeness (QED) is 0.895. The van der Waals surface area contributed by atoms with Gasteiger partial charge >= 0.3 is 0 Å². The van der Waals surface area contributed by atoms with E-state index in [1.807, 2.05) is 0 Å². The summed E-state index contributed by atoms with van der Waals surface area (Å²) in [6, 6.07) is 2.13. The molecule has 0 saturated carbocycles. The van der Waals surface area contributed by atoms with Gasteiger partial charge in [0.05, 0.1) is 4.88 Å². The molecule has 2 heterocycles. The van der Waals surface area contributed by atoms with Crippen LogP contribution >= 0.6 is 23.7 Å². The molecule has 3 rings (SSSR count). The summed E-state index contributed by atoms with van der Waals surface area (Å²) in [5.74, 6) is 1.49. The maximum Gasteiger partial charge on any atom is 0.261 e. The Bertz CT molecular complexity index is 483. The number of carbonyl (C=O) groups excluding carboxylic acids is 1. The molecule has 21 heavy (non-hydrogen) atoms. The van der Waals surface area contributed by atoms with Crippen LogP contribution in [0.4, 0.5) is 0 Å². The first-order valence-electron chi connectivity index (χ1n) is 7.83. The predicted octanol–water partition coefficient (Wildman–Crippen LogP) is 3.02. The van der Waals surface area contributed by atoms with E-state index in [-0.39, 0.29) is 18.3 Å². The number of piperidine rings is 1. The molecule has 2 aliphatic rings. The lowest BCUT2D eigenvalue weighted by molar-refractivity contribution is 0.0949. The molecule has 5 heteroatoms. The van der Waals surface area contributed by atoms with Crippen molar-refractivity contribution in [2.75, 3.05) is 19.6 Å². The average molecular weight is 329 g/mol. The Morgan fingerprint density at radius 3 is 3.10 bits per heavy atom. The van der Waals surface area contributed by atoms with E-state index in [1.165, 1.54) is 29.7 Å². The standard InChI is InChI=1S/C16H24N2OS.ClH/c1-11-4-5-14-13(7-11)8-15(20-14)16(19)18-10-12-3-2-6-17-9-12;/h8,11-12,17H,2-7,9-10H2,1H3,(H,18,19);1H. The largest absolute Gasteiger partial charge is 0.351 e. The van der Waals surface area contributed by atoms with Crippen LogP contribution in [0.3, 0.4) is 0 Å². The van der Waals surface area contributed by atoms with Gasteiger partial charge in [-0.3, -0.25) is 4.79 Å². The van der Waals surface area contributed by atoms with Gasteiger partial charge in [0.1, 0.15) is 0 Å². The number of amides is 1. The SMILES string of the molecule is CC1CCc2sc(C(=O)NCC3CCCNC3)cc2C1.Cl. The second-order valence-electron chi connectivity index (χ2n) is 6.33. The highest BCUT2D eigenvalue weighted by atomic mass is 35.5. The number of fused-ring (bicyclic) bond motifs is 1. The summed E-state index contributed by atoms with van der Waals surface area (Å²) in [6.45, 7) is 5.28. The Morgan fingerprint density at radius 2 is 2.33 bits per heavy atom. The normalized spacial score (nSPS) is 24.8. The third-order valence-corrected chi connectivity index (χ3v) is 5.74. The molecular formula is C16H25ClN2OS. The van der Waals surface area contributed by atoms with Crippen molar-refractivity contribution >= 4 is 29.7 Å². The summed E-state index contributed by atoms with van der Waals surface area (Å²) in [4.78, 5) is 14.6. The number of nitrogens with one attached hydrogen (secondary N) is 2. The van der Waals surface area contributed by atoms with Crippen LogP contribution in [0.15, 0.2) is 6.07 Å². The van der Waals surface area contributed by atoms with Crippen LogP contribution in [0.25, 0.3) is 0 Å². The van der Waals surface area contributed by atoms with E-state index in [2.05, 4.69) is 23.6 Å². The first kappa shape index (κ1) is 16.8. The number of halogens is 1. The Hall–Kier alpha value is -0.580. The monoisotopic (exact) mass is 328 g/mol. The highest BCUT2D eigenvalue weighted by molar-refractivity contribution is 7.14. The summed E-state index contributed by atoms with van der Waals surface area (Å²) in [5.41, 5.74) is 1.42. The van der Waals surface area contributed by atoms with Crippen LogP contribution in [0.1, 0.15) is 46.3 Å². The number of thiophene rings is 1. The molecule has 0 aromatic carbocycles. The molecule has 1 aromatic rings. The summed E-state index contributed by atoms with van der Waals surface area (Å²) in [5, 5.41) is 6.51. The molecule has 3 nitrogen and oxygen atoms in total. The molecule has 0 radical (unpaired) electrons. The highest BCUT2D eigenvalue weighted by Crippen LogP contribution is 2.32. The van der Waals surface area contributed by atoms with Gasteiger partial charge in [-0.05, 0) is 68.7 Å². The molecule has 2 atom stereocenters. The van der Waals surface area contributed by atoms with E-state index in [0.29, 0.717) is 5.92 Å². The zero-order valence-electron chi connectivity index (χ0n) is 12.6. The van der Waals surface area contributed by atoms with Gasteiger partial charge in [-0.2, -0.15) is 0 Å². The third kappa shape index (κ3) is 4.21. The van der Waals surface area contributed by atoms with Crippen molar-refractivity contribution in [3.05, 3.63) is 21.4 Å². The van der Waals surface area contributed by atoms with Crippen LogP contribution < -0.4 is 10.6 Å². The lowest BCUT2D eigenvalue weighted by Gasteiger charge is -2.22. The highest BCUT2D eigenvalue weighted by Gasteiger charge is 2.21. The molecular weight excluding hydrogens is 304 g/mol. The minimum absolute atomic E-state index is 0. The zero-order valence-corrected chi connectivity index (χ0v) is 14.2. The van der Waals surface area contributed by atoms with Gasteiger partial charge in [0.25, 0.3) is 5.91 Å². The van der Waals surface area contributed by atoms with Crippen LogP contribution in [0.2, 0.25) is 0 Å². The zero-order chi connectivity index (χ0) is 13.9. The number of rotatable bonds is 3. The van der Waals surface area contributed by atoms with Crippen LogP contribution in [0.5, 0.6) is 0 Å². The lowest BCUT2D eigenvalue weighted by Crippen LogP contribution is -2.37. The van der Waals surface area contributed by atoms with Gasteiger partial charge in [-0.25, -0.2) is 0 Å². The summed E-state index contributed by atoms with van der Waals surface area (Å²) in [6.07, 6.45) is 6.02. The fourth-order valence-corrected chi connectivity index (χ4v) is 4.36. The molecule has 0 spiro atoms. The second kappa shape index (κ2) is 7.61. The van der Waals surface area contributed by atoms with E-state index >= 15 is 0 Å². The second-order valence-corrected chi connectivity index (χ2v) is 7.47. The van der Waals surface area contributed by atoms with Crippen molar-refractivity contribution in [3.63, 3.8) is 0 Å². The summed E-state index contributed by atoms with van der Waals surface area (Å²) in [7, 11) is 0. The molecule has 1 saturated heterocycles. The fourth-order valence-electron chi connectivity index (χ4n) is 3.24. The van der Waals surface area contributed by atoms with Crippen molar-refractivity contribution in [3.8, 4) is 0 Å². The van der Waals surface area contributed by atoms with Crippen molar-refractivity contribution in [2.24, 2.45) is 11.8 Å². The Labute approximate surface area is 137 Å². The Balaban J connectivity index is 0.00000161. The lowest BCUT2D eigenvalue weighted by atomic mass is 9.90. The average Bonchev–Trinajstić information content (AvgIpc) is 2.89. The van der Waals surface area contributed by atoms with Gasteiger partial charge in [0.15, 0.2) is 0 Å². The molecule has 1 aromatic heterocycles. The molecule has 0 bridgehead atoms. The van der Waals surface area contributed by atoms with Gasteiger partial charge in [0, 0.05) is 11.4 Å². The van der Waals surface area contributed by atoms with Crippen LogP contribution in [-0.2, 0) is 12.8 Å². The molecule has 1 aliphatic heterocycles. The topological polar surface area (TPSA) is 41.1 Å². The minimum Gasteiger partial charge on any atom is -0.351 e. The van der Waals surface area contributed by atoms with E-state index in [0.717, 1.165) is 43.3 Å². The Morgan fingerprint density at radius 1 is 1.48 bits per heavy atom. The van der Waals surface area contributed by atoms with Crippen molar-refractivity contribution in [1.29, 1.82) is 0 Å². The number of hydrogen-bond acceptors (Lipinski definition) is 3. The number of hydrogen-bond donors (Lipinski definition) is 2. The van der Waals surface area contributed by atoms with E-state index in [9.17, 15) is 4.79 Å². The third-order valence-electron chi connectivity index (χ3n) is 4.50. The first-order valence-corrected chi connectivity index (χ1v) is 8.64. The summed E-state index contributed by atoms with van der Waals surface area (Å²) >= 11 is 1.70. The molecule has 118 valence electrons. The number of carbonyl (C=O) groups is 1. The predicted molar refractivity (Wildman–Crippen MR) is 90.7 cm³/mol. The summed E-state index contributed by atoms with van der Waals surface area (Å²) < 4.78 is 0. The van der Waals surface area contributed by atoms with Crippen LogP contribution in [0, 0.1) is 11.8 Å². The Kier molecular flexibility index (Phi) is 6.08. The van der Waals surface area contributed by atoms with Gasteiger partial charge in [-0.15, -0.1) is 23.7 Å². The molecule has 2 unspecified atom stereocenters. The molecule has 1 fully saturated rings. The van der Waals surface area contributed by atoms with Gasteiger partial charge in [-0.1, -0.05) is 6.92 Å². The fraction of sp³-hybridized carbons (Fsp3) is 0.688. The molecule has 2 N–H and O–H groups in total. The maximum atomic E-state index is 12.3. The molecule has 1 amide bonds. The minimum atomic E-state index is 0. The smallest absolute Gasteiger partial charge is 0.261 e. The van der Waals surface area contributed by atoms with Gasteiger partial charge < -0.3 is 10.6 Å². The number of aryl methyl sites for hydroxylation is 1. The maximum absolute atomic E-state index is 12.3. The van der Waals surface area contributed by atoms with Crippen LogP contribution in [-0.4, -0.2) is 25.5 Å². The van der Waals surface area contributed by atoms with Crippen molar-refractivity contribution < 1.29 is 4.79 Å². The van der Waals surface area contributed by atoms with E-state index in [4.69, 9.17) is 0 Å². The van der Waals surface area contributed by atoms with E-state index < -0.39 is 0 Å². The van der Waals surface area contributed by atoms with E-state index in [1.54, 1.807) is 11.3 Å². The van der Waals surface area contributed by atoms with Crippen molar-refractivity contribution in [2.45, 2.75) is 39.0 Å².